The molecule has 0 aromatic rings. The van der Waals surface area contributed by atoms with Gasteiger partial charge in [-0.05, 0) is 77.0 Å². The van der Waals surface area contributed by atoms with E-state index in [9.17, 15) is 24.2 Å². The van der Waals surface area contributed by atoms with Crippen molar-refractivity contribution in [1.29, 1.82) is 0 Å². The van der Waals surface area contributed by atoms with Crippen molar-refractivity contribution < 1.29 is 37.9 Å². The van der Waals surface area contributed by atoms with Crippen LogP contribution in [0.15, 0.2) is 97.2 Å². The Labute approximate surface area is 353 Å². The summed E-state index contributed by atoms with van der Waals surface area (Å²) in [5, 5.41) is 12.6. The van der Waals surface area contributed by atoms with E-state index in [4.69, 9.17) is 13.8 Å². The van der Waals surface area contributed by atoms with Crippen molar-refractivity contribution in [3.8, 4) is 0 Å². The summed E-state index contributed by atoms with van der Waals surface area (Å²) in [4.78, 5) is 33.9. The van der Waals surface area contributed by atoms with E-state index in [0.717, 1.165) is 83.5 Å². The molecule has 0 fully saturated rings. The summed E-state index contributed by atoms with van der Waals surface area (Å²) >= 11 is 0. The highest BCUT2D eigenvalue weighted by molar-refractivity contribution is 7.47. The molecule has 2 unspecified atom stereocenters. The van der Waals surface area contributed by atoms with Crippen LogP contribution in [0.4, 0.5) is 0 Å². The van der Waals surface area contributed by atoms with E-state index in [1.54, 1.807) is 6.08 Å². The minimum atomic E-state index is -4.45. The summed E-state index contributed by atoms with van der Waals surface area (Å²) in [6.45, 7) is 3.28. The highest BCUT2D eigenvalue weighted by Gasteiger charge is 2.23. The van der Waals surface area contributed by atoms with Crippen LogP contribution in [0.1, 0.15) is 162 Å². The van der Waals surface area contributed by atoms with Gasteiger partial charge in [0.1, 0.15) is 12.7 Å². The van der Waals surface area contributed by atoms with Crippen LogP contribution in [0.25, 0.3) is 0 Å². The Morgan fingerprint density at radius 1 is 0.569 bits per heavy atom. The number of esters is 1. The van der Waals surface area contributed by atoms with Crippen LogP contribution in [0.3, 0.4) is 0 Å². The zero-order valence-corrected chi connectivity index (χ0v) is 37.1. The van der Waals surface area contributed by atoms with Gasteiger partial charge in [0.15, 0.2) is 0 Å². The molecule has 0 bridgehead atoms. The third-order valence-electron chi connectivity index (χ3n) is 8.78. The van der Waals surface area contributed by atoms with Crippen molar-refractivity contribution in [2.24, 2.45) is 0 Å². The first kappa shape index (κ1) is 54.9. The van der Waals surface area contributed by atoms with Gasteiger partial charge in [0.2, 0.25) is 5.91 Å². The Bertz CT molecular complexity index is 1270. The minimum Gasteiger partial charge on any atom is -0.463 e. The number of phosphoric ester groups is 1. The van der Waals surface area contributed by atoms with E-state index in [2.05, 4.69) is 98.2 Å². The Morgan fingerprint density at radius 3 is 1.52 bits per heavy atom. The maximum atomic E-state index is 12.1. The number of nitrogens with one attached hydrogen (secondary N) is 1. The average molecular weight is 830 g/mol. The molecule has 3 N–H and O–H groups in total. The van der Waals surface area contributed by atoms with E-state index in [1.165, 1.54) is 51.4 Å². The highest BCUT2D eigenvalue weighted by atomic mass is 31.2. The predicted molar refractivity (Wildman–Crippen MR) is 242 cm³/mol. The average Bonchev–Trinajstić information content (AvgIpc) is 3.21. The highest BCUT2D eigenvalue weighted by Crippen LogP contribution is 2.42. The molecule has 0 heterocycles. The Hall–Kier alpha value is -3.07. The zero-order valence-electron chi connectivity index (χ0n) is 36.2. The molecule has 330 valence electrons. The fourth-order valence-corrected chi connectivity index (χ4v) is 6.21. The van der Waals surface area contributed by atoms with Crippen LogP contribution in [0.5, 0.6) is 0 Å². The second-order valence-corrected chi connectivity index (χ2v) is 15.8. The summed E-state index contributed by atoms with van der Waals surface area (Å²) in [7, 11) is -4.45. The smallest absolute Gasteiger partial charge is 0.463 e. The third-order valence-corrected chi connectivity index (χ3v) is 9.76. The van der Waals surface area contributed by atoms with Crippen molar-refractivity contribution >= 4 is 19.7 Å². The summed E-state index contributed by atoms with van der Waals surface area (Å²) in [6.07, 6.45) is 56.5. The number of allylic oxidation sites excluding steroid dienone is 15. The van der Waals surface area contributed by atoms with Crippen molar-refractivity contribution in [1.82, 2.24) is 5.32 Å². The Morgan fingerprint density at radius 2 is 1.02 bits per heavy atom. The van der Waals surface area contributed by atoms with E-state index in [-0.39, 0.29) is 38.5 Å². The van der Waals surface area contributed by atoms with Gasteiger partial charge in [0, 0.05) is 19.4 Å². The molecular weight excluding hydrogens is 750 g/mol. The van der Waals surface area contributed by atoms with Gasteiger partial charge in [-0.1, -0.05) is 169 Å². The number of unbranched alkanes of at least 4 members (excludes halogenated alkanes) is 12. The first-order valence-corrected chi connectivity index (χ1v) is 23.7. The first-order valence-electron chi connectivity index (χ1n) is 22.2. The summed E-state index contributed by atoms with van der Waals surface area (Å²) in [5.74, 6) is -0.666. The van der Waals surface area contributed by atoms with Crippen molar-refractivity contribution in [3.05, 3.63) is 97.2 Å². The fraction of sp³-hybridized carbons (Fsp3) is 0.625. The topological polar surface area (TPSA) is 131 Å². The molecule has 0 aliphatic carbocycles. The Kier molecular flexibility index (Phi) is 41.2. The summed E-state index contributed by atoms with van der Waals surface area (Å²) < 4.78 is 26.8. The molecule has 9 nitrogen and oxygen atoms in total. The van der Waals surface area contributed by atoms with Crippen LogP contribution in [0.2, 0.25) is 0 Å². The maximum Gasteiger partial charge on any atom is 0.472 e. The number of hydrogen-bond acceptors (Lipinski definition) is 7. The fourth-order valence-electron chi connectivity index (χ4n) is 5.45. The lowest BCUT2D eigenvalue weighted by molar-refractivity contribution is -0.147. The van der Waals surface area contributed by atoms with Gasteiger partial charge < -0.3 is 20.1 Å². The number of rotatable bonds is 40. The van der Waals surface area contributed by atoms with Gasteiger partial charge in [-0.3, -0.25) is 18.6 Å². The van der Waals surface area contributed by atoms with Crippen molar-refractivity contribution in [2.45, 2.75) is 168 Å². The van der Waals surface area contributed by atoms with Crippen molar-refractivity contribution in [3.63, 3.8) is 0 Å². The molecular formula is C48H80NO8P. The molecule has 0 saturated carbocycles. The number of ether oxygens (including phenoxy) is 1. The van der Waals surface area contributed by atoms with E-state index in [1.807, 2.05) is 12.2 Å². The Balaban J connectivity index is 3.76. The van der Waals surface area contributed by atoms with Gasteiger partial charge in [-0.2, -0.15) is 0 Å². The van der Waals surface area contributed by atoms with Gasteiger partial charge in [0.05, 0.1) is 13.2 Å². The largest absolute Gasteiger partial charge is 0.472 e. The molecule has 0 radical (unpaired) electrons. The molecule has 0 spiro atoms. The number of aliphatic hydroxyl groups excluding tert-OH is 1. The van der Waals surface area contributed by atoms with Crippen LogP contribution >= 0.6 is 7.82 Å². The van der Waals surface area contributed by atoms with Crippen molar-refractivity contribution in [2.75, 3.05) is 26.4 Å². The summed E-state index contributed by atoms with van der Waals surface area (Å²) in [6, 6.07) is 0. The second-order valence-electron chi connectivity index (χ2n) is 14.3. The SMILES string of the molecule is CC/C=C\C/C=C\C/C=C\C/C=C\C/C=C\C/C=C\C/C=C\CC(=O)NCCOP(=O)(O)OCC(O)COC(=O)CCCCCCC/C=C\CCCCCCCCC. The third kappa shape index (κ3) is 44.0. The molecule has 0 aromatic heterocycles. The number of aliphatic hydroxyl groups is 1. The molecule has 0 aromatic carbocycles. The number of carbonyl (C=O) groups is 2. The van der Waals surface area contributed by atoms with Gasteiger partial charge in [-0.25, -0.2) is 4.57 Å². The molecule has 2 atom stereocenters. The second kappa shape index (κ2) is 43.5. The monoisotopic (exact) mass is 830 g/mol. The predicted octanol–water partition coefficient (Wildman–Crippen LogP) is 12.6. The molecule has 58 heavy (non-hydrogen) atoms. The first-order chi connectivity index (χ1) is 28.3. The van der Waals surface area contributed by atoms with Crippen LogP contribution in [-0.4, -0.2) is 54.3 Å². The summed E-state index contributed by atoms with van der Waals surface area (Å²) in [5.41, 5.74) is 0. The van der Waals surface area contributed by atoms with Crippen LogP contribution in [-0.2, 0) is 27.9 Å². The number of carbonyl (C=O) groups excluding carboxylic acids is 2. The van der Waals surface area contributed by atoms with Gasteiger partial charge in [0.25, 0.3) is 0 Å². The van der Waals surface area contributed by atoms with Crippen LogP contribution < -0.4 is 5.32 Å². The molecule has 1 amide bonds. The van der Waals surface area contributed by atoms with E-state index >= 15 is 0 Å². The van der Waals surface area contributed by atoms with Gasteiger partial charge in [-0.15, -0.1) is 0 Å². The van der Waals surface area contributed by atoms with Gasteiger partial charge >= 0.3 is 13.8 Å². The number of phosphoric acid groups is 1. The number of amides is 1. The van der Waals surface area contributed by atoms with E-state index < -0.39 is 26.5 Å². The molecule has 0 rings (SSSR count). The molecule has 10 heteroatoms. The quantitative estimate of drug-likeness (QED) is 0.0241. The maximum absolute atomic E-state index is 12.1. The normalized spacial score (nSPS) is 14.2. The van der Waals surface area contributed by atoms with E-state index in [0.29, 0.717) is 0 Å². The molecule has 0 aliphatic rings. The standard InChI is InChI=1S/C48H80NO8P/c1-3-5-7-9-11-13-15-17-19-21-22-23-24-25-26-28-30-32-34-36-38-40-47(51)49-42-43-56-58(53,54)57-45-46(50)44-55-48(52)41-39-37-35-33-31-29-27-20-18-16-14-12-10-8-6-4-2/h5,7,11,13,17,19-20,22-23,25-27,30,32,36,38,46,50H,3-4,6,8-10,12,14-16,18,21,24,28-29,31,33-35,37,39-45H2,1-2H3,(H,49,51)(H,53,54)/b7-5-,13-11-,19-17-,23-22-,26-25-,27-20-,32-30-,38-36-. The van der Waals surface area contributed by atoms with Crippen LogP contribution in [0, 0.1) is 0 Å². The lowest BCUT2D eigenvalue weighted by Gasteiger charge is -2.15. The molecule has 0 saturated heterocycles. The minimum absolute atomic E-state index is 0.0182. The zero-order chi connectivity index (χ0) is 42.5. The molecule has 0 aliphatic heterocycles. The lowest BCUT2D eigenvalue weighted by atomic mass is 10.1. The number of hydrogen-bond donors (Lipinski definition) is 3. The lowest BCUT2D eigenvalue weighted by Crippen LogP contribution is -2.26.